The molecule has 3 rings (SSSR count). The molecule has 0 unspecified atom stereocenters. The first-order valence-electron chi connectivity index (χ1n) is 9.07. The number of nitrogens with zero attached hydrogens (tertiary/aromatic N) is 2. The number of aromatic nitrogens is 1. The molecule has 1 aromatic heterocycles. The molecule has 2 aromatic carbocycles. The maximum Gasteiger partial charge on any atom is 0.265 e. The Morgan fingerprint density at radius 3 is 2.53 bits per heavy atom. The highest BCUT2D eigenvalue weighted by Crippen LogP contribution is 2.18. The summed E-state index contributed by atoms with van der Waals surface area (Å²) in [6.07, 6.45) is 1.49. The van der Waals surface area contributed by atoms with Crippen LogP contribution < -0.4 is 15.8 Å². The third kappa shape index (κ3) is 5.90. The maximum atomic E-state index is 12.0. The van der Waals surface area contributed by atoms with Crippen LogP contribution in [0.15, 0.2) is 78.1 Å². The topological polar surface area (TPSA) is 116 Å². The Kier molecular flexibility index (Phi) is 6.73. The molecule has 3 N–H and O–H groups in total. The minimum absolute atomic E-state index is 0.0696. The number of nitrogens with two attached hydrogens (primary N) is 1. The highest BCUT2D eigenvalue weighted by Gasteiger charge is 2.07. The van der Waals surface area contributed by atoms with Crippen LogP contribution in [0.25, 0.3) is 0 Å². The molecule has 0 aliphatic rings. The molecule has 0 bridgehead atoms. The number of carbonyl (C=O) groups excluding carboxylic acids is 2. The number of benzene rings is 2. The molecule has 0 fully saturated rings. The summed E-state index contributed by atoms with van der Waals surface area (Å²) in [4.78, 5) is 32.5. The van der Waals surface area contributed by atoms with Crippen LogP contribution in [0.3, 0.4) is 0 Å². The van der Waals surface area contributed by atoms with Gasteiger partial charge in [-0.15, -0.1) is 0 Å². The third-order valence-corrected chi connectivity index (χ3v) is 3.91. The number of Topliss-reactive ketones (excluding diaryl/α,β-unsaturated/α-hetero) is 1. The summed E-state index contributed by atoms with van der Waals surface area (Å²) in [7, 11) is 0. The molecule has 30 heavy (non-hydrogen) atoms. The normalized spacial score (nSPS) is 10.9. The first-order chi connectivity index (χ1) is 14.5. The van der Waals surface area contributed by atoms with E-state index in [0.717, 1.165) is 0 Å². The van der Waals surface area contributed by atoms with Crippen LogP contribution in [0, 0.1) is 0 Å². The summed E-state index contributed by atoms with van der Waals surface area (Å²) < 4.78 is 5.61. The Balaban J connectivity index is 1.51. The zero-order valence-corrected chi connectivity index (χ0v) is 16.2. The summed E-state index contributed by atoms with van der Waals surface area (Å²) in [6, 6.07) is 19.2. The average Bonchev–Trinajstić information content (AvgIpc) is 2.75. The van der Waals surface area contributed by atoms with Crippen molar-refractivity contribution in [3.05, 3.63) is 84.1 Å². The second-order valence-corrected chi connectivity index (χ2v) is 6.24. The molecule has 1 heterocycles. The summed E-state index contributed by atoms with van der Waals surface area (Å²) in [5.41, 5.74) is 7.38. The number of carbonyl (C=O) groups is 2. The largest absolute Gasteiger partial charge is 0.439 e. The van der Waals surface area contributed by atoms with Gasteiger partial charge in [-0.2, -0.15) is 0 Å². The lowest BCUT2D eigenvalue weighted by Gasteiger charge is -2.07. The molecule has 1 amide bonds. The lowest BCUT2D eigenvalue weighted by Crippen LogP contribution is -2.19. The van der Waals surface area contributed by atoms with Crippen LogP contribution in [0.5, 0.6) is 11.6 Å². The van der Waals surface area contributed by atoms with Crippen LogP contribution in [0.1, 0.15) is 22.8 Å². The number of oxime groups is 1. The van der Waals surface area contributed by atoms with Gasteiger partial charge in [-0.1, -0.05) is 35.5 Å². The van der Waals surface area contributed by atoms with Crippen molar-refractivity contribution in [1.82, 2.24) is 4.98 Å². The second kappa shape index (κ2) is 9.83. The Hall–Kier alpha value is -4.20. The molecule has 8 heteroatoms. The molecular weight excluding hydrogens is 384 g/mol. The number of pyridine rings is 1. The zero-order valence-electron chi connectivity index (χ0n) is 16.2. The number of rotatable bonds is 8. The predicted octanol–water partition coefficient (Wildman–Crippen LogP) is 3.35. The molecule has 8 nitrogen and oxygen atoms in total. The Morgan fingerprint density at radius 2 is 1.83 bits per heavy atom. The minimum Gasteiger partial charge on any atom is -0.439 e. The van der Waals surface area contributed by atoms with E-state index >= 15 is 0 Å². The molecule has 3 aromatic rings. The Labute approximate surface area is 173 Å². The van der Waals surface area contributed by atoms with Crippen LogP contribution in [-0.4, -0.2) is 29.1 Å². The van der Waals surface area contributed by atoms with Crippen molar-refractivity contribution in [2.75, 3.05) is 11.9 Å². The van der Waals surface area contributed by atoms with Crippen molar-refractivity contribution < 1.29 is 19.2 Å². The third-order valence-electron chi connectivity index (χ3n) is 3.91. The monoisotopic (exact) mass is 404 g/mol. The van der Waals surface area contributed by atoms with Gasteiger partial charge in [0.1, 0.15) is 5.75 Å². The zero-order chi connectivity index (χ0) is 21.3. The van der Waals surface area contributed by atoms with Crippen LogP contribution in [0.2, 0.25) is 0 Å². The average molecular weight is 404 g/mol. The lowest BCUT2D eigenvalue weighted by molar-refractivity contribution is -0.120. The summed E-state index contributed by atoms with van der Waals surface area (Å²) in [6.45, 7) is 1.12. The van der Waals surface area contributed by atoms with E-state index in [0.29, 0.717) is 28.4 Å². The van der Waals surface area contributed by atoms with Crippen LogP contribution in [0.4, 0.5) is 5.69 Å². The first kappa shape index (κ1) is 20.5. The van der Waals surface area contributed by atoms with Gasteiger partial charge in [0.05, 0.1) is 0 Å². The van der Waals surface area contributed by atoms with Gasteiger partial charge in [0.15, 0.2) is 18.2 Å². The summed E-state index contributed by atoms with van der Waals surface area (Å²) >= 11 is 0. The van der Waals surface area contributed by atoms with E-state index in [1.54, 1.807) is 36.4 Å². The van der Waals surface area contributed by atoms with E-state index < -0.39 is 5.91 Å². The van der Waals surface area contributed by atoms with E-state index in [9.17, 15) is 9.59 Å². The van der Waals surface area contributed by atoms with Crippen molar-refractivity contribution in [3.8, 4) is 11.6 Å². The van der Waals surface area contributed by atoms with Crippen molar-refractivity contribution in [1.29, 1.82) is 0 Å². The predicted molar refractivity (Wildman–Crippen MR) is 113 cm³/mol. The molecule has 0 saturated carbocycles. The fourth-order valence-corrected chi connectivity index (χ4v) is 2.43. The Morgan fingerprint density at radius 1 is 1.03 bits per heavy atom. The van der Waals surface area contributed by atoms with Crippen molar-refractivity contribution in [2.45, 2.75) is 6.92 Å². The molecule has 0 saturated heterocycles. The van der Waals surface area contributed by atoms with Gasteiger partial charge in [0.25, 0.3) is 5.91 Å². The molecule has 0 spiro atoms. The molecule has 0 radical (unpaired) electrons. The van der Waals surface area contributed by atoms with Crippen molar-refractivity contribution >= 4 is 23.2 Å². The van der Waals surface area contributed by atoms with E-state index in [-0.39, 0.29) is 18.2 Å². The standard InChI is InChI=1S/C22H20N4O4/c1-15(27)16-6-5-7-18(12-16)25-20(28)14-29-26-22(23)17-10-11-21(24-13-17)30-19-8-3-2-4-9-19/h2-13H,14H2,1H3,(H2,23,26)(H,25,28). The molecular formula is C22H20N4O4. The molecule has 0 aliphatic heterocycles. The van der Waals surface area contributed by atoms with Crippen LogP contribution >= 0.6 is 0 Å². The maximum absolute atomic E-state index is 12.0. The van der Waals surface area contributed by atoms with Crippen molar-refractivity contribution in [2.24, 2.45) is 10.9 Å². The number of ketones is 1. The van der Waals surface area contributed by atoms with Gasteiger partial charge < -0.3 is 20.6 Å². The van der Waals surface area contributed by atoms with Gasteiger partial charge in [-0.05, 0) is 37.3 Å². The Bertz CT molecular complexity index is 1050. The number of ether oxygens (including phenoxy) is 1. The SMILES string of the molecule is CC(=O)c1cccc(NC(=O)CO/N=C(/N)c2ccc(Oc3ccccc3)nc2)c1. The summed E-state index contributed by atoms with van der Waals surface area (Å²) in [5, 5.41) is 6.36. The number of amidine groups is 1. The molecule has 0 aliphatic carbocycles. The lowest BCUT2D eigenvalue weighted by atomic mass is 10.1. The van der Waals surface area contributed by atoms with Gasteiger partial charge >= 0.3 is 0 Å². The first-order valence-corrected chi connectivity index (χ1v) is 9.07. The van der Waals surface area contributed by atoms with Crippen LogP contribution in [-0.2, 0) is 9.63 Å². The molecule has 0 atom stereocenters. The fourth-order valence-electron chi connectivity index (χ4n) is 2.43. The quantitative estimate of drug-likeness (QED) is 0.257. The van der Waals surface area contributed by atoms with Crippen molar-refractivity contribution in [3.63, 3.8) is 0 Å². The molecule has 152 valence electrons. The van der Waals surface area contributed by atoms with E-state index in [1.807, 2.05) is 30.3 Å². The van der Waals surface area contributed by atoms with Gasteiger partial charge in [-0.25, -0.2) is 4.98 Å². The van der Waals surface area contributed by atoms with Gasteiger partial charge in [0.2, 0.25) is 5.88 Å². The highest BCUT2D eigenvalue weighted by molar-refractivity contribution is 5.98. The number of nitrogens with one attached hydrogen (secondary N) is 1. The fraction of sp³-hybridized carbons (Fsp3) is 0.0909. The van der Waals surface area contributed by atoms with E-state index in [1.165, 1.54) is 13.1 Å². The number of hydrogen-bond acceptors (Lipinski definition) is 6. The van der Waals surface area contributed by atoms with E-state index in [4.69, 9.17) is 15.3 Å². The minimum atomic E-state index is -0.433. The number of hydrogen-bond donors (Lipinski definition) is 2. The smallest absolute Gasteiger partial charge is 0.265 e. The number of amides is 1. The second-order valence-electron chi connectivity index (χ2n) is 6.24. The number of para-hydroxylation sites is 1. The number of anilines is 1. The highest BCUT2D eigenvalue weighted by atomic mass is 16.6. The van der Waals surface area contributed by atoms with E-state index in [2.05, 4.69) is 15.5 Å². The summed E-state index contributed by atoms with van der Waals surface area (Å²) in [5.74, 6) is 0.624. The van der Waals surface area contributed by atoms with Gasteiger partial charge in [0, 0.05) is 29.1 Å². The van der Waals surface area contributed by atoms with Gasteiger partial charge in [-0.3, -0.25) is 9.59 Å².